The van der Waals surface area contributed by atoms with E-state index >= 15 is 0 Å². The number of aromatic nitrogens is 1. The lowest BCUT2D eigenvalue weighted by Crippen LogP contribution is -2.27. The van der Waals surface area contributed by atoms with E-state index in [1.807, 2.05) is 57.2 Å². The fourth-order valence-electron chi connectivity index (χ4n) is 3.62. The number of nitriles is 1. The van der Waals surface area contributed by atoms with Gasteiger partial charge >= 0.3 is 0 Å². The van der Waals surface area contributed by atoms with E-state index in [-0.39, 0.29) is 5.57 Å². The molecule has 1 aromatic carbocycles. The zero-order valence-corrected chi connectivity index (χ0v) is 18.1. The summed E-state index contributed by atoms with van der Waals surface area (Å²) in [7, 11) is 1.59. The number of nitrogens with zero attached hydrogens (tertiary/aromatic N) is 2. The van der Waals surface area contributed by atoms with Gasteiger partial charge < -0.3 is 19.0 Å². The Morgan fingerprint density at radius 2 is 2.13 bits per heavy atom. The van der Waals surface area contributed by atoms with E-state index in [0.29, 0.717) is 17.1 Å². The maximum atomic E-state index is 12.8. The second-order valence-electron chi connectivity index (χ2n) is 7.37. The lowest BCUT2D eigenvalue weighted by Gasteiger charge is -2.11. The number of rotatable bonds is 7. The van der Waals surface area contributed by atoms with Gasteiger partial charge in [0.15, 0.2) is 11.3 Å². The second-order valence-corrected chi connectivity index (χ2v) is 7.37. The van der Waals surface area contributed by atoms with Crippen molar-refractivity contribution in [1.29, 1.82) is 5.26 Å². The number of methoxy groups -OCH3 is 1. The molecule has 2 aromatic heterocycles. The van der Waals surface area contributed by atoms with E-state index < -0.39 is 11.9 Å². The van der Waals surface area contributed by atoms with Crippen molar-refractivity contribution in [3.8, 4) is 11.8 Å². The quantitative estimate of drug-likeness (QED) is 0.440. The van der Waals surface area contributed by atoms with Gasteiger partial charge in [0.25, 0.3) is 5.91 Å². The summed E-state index contributed by atoms with van der Waals surface area (Å²) in [5.41, 5.74) is 3.74. The zero-order valence-electron chi connectivity index (χ0n) is 18.1. The van der Waals surface area contributed by atoms with Crippen molar-refractivity contribution < 1.29 is 13.9 Å². The Morgan fingerprint density at radius 3 is 2.80 bits per heavy atom. The lowest BCUT2D eigenvalue weighted by atomic mass is 10.1. The monoisotopic (exact) mass is 405 g/mol. The third-order valence-corrected chi connectivity index (χ3v) is 5.25. The van der Waals surface area contributed by atoms with E-state index in [9.17, 15) is 10.1 Å². The van der Waals surface area contributed by atoms with Gasteiger partial charge in [0.05, 0.1) is 13.2 Å². The van der Waals surface area contributed by atoms with Gasteiger partial charge in [0, 0.05) is 23.3 Å². The molecule has 6 heteroatoms. The number of ether oxygens (including phenoxy) is 1. The average Bonchev–Trinajstić information content (AvgIpc) is 3.28. The minimum Gasteiger partial charge on any atom is -0.493 e. The molecule has 1 atom stereocenters. The van der Waals surface area contributed by atoms with E-state index in [4.69, 9.17) is 9.15 Å². The Hall–Kier alpha value is -3.46. The number of aryl methyl sites for hydroxylation is 1. The molecule has 6 nitrogen and oxygen atoms in total. The molecule has 1 N–H and O–H groups in total. The van der Waals surface area contributed by atoms with Crippen molar-refractivity contribution in [2.45, 2.75) is 46.7 Å². The molecule has 1 amide bonds. The summed E-state index contributed by atoms with van der Waals surface area (Å²) in [4.78, 5) is 12.8. The summed E-state index contributed by atoms with van der Waals surface area (Å²) in [5.74, 6) is 0.802. The topological polar surface area (TPSA) is 80.2 Å². The minimum absolute atomic E-state index is 0.0623. The number of furan rings is 1. The number of fused-ring (bicyclic) bond motifs is 1. The fourth-order valence-corrected chi connectivity index (χ4v) is 3.62. The van der Waals surface area contributed by atoms with Crippen molar-refractivity contribution in [2.75, 3.05) is 7.11 Å². The van der Waals surface area contributed by atoms with E-state index in [0.717, 1.165) is 35.3 Å². The van der Waals surface area contributed by atoms with Gasteiger partial charge in [-0.1, -0.05) is 19.1 Å². The predicted octanol–water partition coefficient (Wildman–Crippen LogP) is 5.05. The van der Waals surface area contributed by atoms with Gasteiger partial charge in [0.1, 0.15) is 17.4 Å². The van der Waals surface area contributed by atoms with Crippen LogP contribution in [0, 0.1) is 25.2 Å². The van der Waals surface area contributed by atoms with Gasteiger partial charge in [-0.05, 0) is 57.0 Å². The molecule has 3 aromatic rings. The van der Waals surface area contributed by atoms with Crippen LogP contribution < -0.4 is 10.1 Å². The molecule has 2 heterocycles. The summed E-state index contributed by atoms with van der Waals surface area (Å²) in [5, 5.41) is 13.3. The maximum absolute atomic E-state index is 12.8. The largest absolute Gasteiger partial charge is 0.493 e. The smallest absolute Gasteiger partial charge is 0.262 e. The van der Waals surface area contributed by atoms with Crippen molar-refractivity contribution >= 4 is 23.0 Å². The van der Waals surface area contributed by atoms with Crippen molar-refractivity contribution in [1.82, 2.24) is 9.88 Å². The summed E-state index contributed by atoms with van der Waals surface area (Å²) < 4.78 is 13.4. The minimum atomic E-state index is -0.433. The van der Waals surface area contributed by atoms with Crippen LogP contribution in [0.25, 0.3) is 17.0 Å². The number of hydrogen-bond acceptors (Lipinski definition) is 4. The molecular formula is C24H27N3O3. The lowest BCUT2D eigenvalue weighted by molar-refractivity contribution is -0.117. The van der Waals surface area contributed by atoms with Gasteiger partial charge in [-0.15, -0.1) is 0 Å². The molecule has 30 heavy (non-hydrogen) atoms. The van der Waals surface area contributed by atoms with Crippen LogP contribution in [0.15, 0.2) is 40.3 Å². The molecule has 0 spiro atoms. The molecule has 3 rings (SSSR count). The highest BCUT2D eigenvalue weighted by Gasteiger charge is 2.19. The first kappa shape index (κ1) is 21.3. The highest BCUT2D eigenvalue weighted by atomic mass is 16.5. The third kappa shape index (κ3) is 4.11. The number of carbonyl (C=O) groups excluding carboxylic acids is 1. The van der Waals surface area contributed by atoms with Crippen molar-refractivity contribution in [3.05, 3.63) is 58.6 Å². The van der Waals surface area contributed by atoms with Crippen LogP contribution in [0.1, 0.15) is 49.0 Å². The van der Waals surface area contributed by atoms with Crippen LogP contribution in [-0.4, -0.2) is 17.6 Å². The van der Waals surface area contributed by atoms with Gasteiger partial charge in [0.2, 0.25) is 0 Å². The number of nitrogens with one attached hydrogen (secondary N) is 1. The van der Waals surface area contributed by atoms with Crippen molar-refractivity contribution in [2.24, 2.45) is 0 Å². The van der Waals surface area contributed by atoms with Crippen LogP contribution in [0.3, 0.4) is 0 Å². The Labute approximate surface area is 176 Å². The normalized spacial score (nSPS) is 12.6. The summed E-state index contributed by atoms with van der Waals surface area (Å²) >= 11 is 0. The predicted molar refractivity (Wildman–Crippen MR) is 117 cm³/mol. The van der Waals surface area contributed by atoms with Crippen LogP contribution in [0.2, 0.25) is 0 Å². The first-order valence-electron chi connectivity index (χ1n) is 10.0. The second kappa shape index (κ2) is 8.91. The molecule has 156 valence electrons. The van der Waals surface area contributed by atoms with Gasteiger partial charge in [-0.25, -0.2) is 0 Å². The SMILES string of the molecule is CCCn1c(C)cc(/C=C(\C#N)C(=O)NC(C)c2cc3cccc(OC)c3o2)c1C. The third-order valence-electron chi connectivity index (χ3n) is 5.25. The van der Waals surface area contributed by atoms with E-state index in [2.05, 4.69) is 16.8 Å². The molecular weight excluding hydrogens is 378 g/mol. The van der Waals surface area contributed by atoms with E-state index in [1.165, 1.54) is 0 Å². The fraction of sp³-hybridized carbons (Fsp3) is 0.333. The Kier molecular flexibility index (Phi) is 6.31. The number of benzene rings is 1. The standard InChI is InChI=1S/C24H27N3O3/c1-6-10-27-15(2)11-19(17(27)4)12-20(14-25)24(28)26-16(3)22-13-18-8-7-9-21(29-5)23(18)30-22/h7-9,11-13,16H,6,10H2,1-5H3,(H,26,28)/b20-12+. The molecule has 0 aliphatic carbocycles. The molecule has 0 saturated heterocycles. The molecule has 0 aliphatic heterocycles. The Balaban J connectivity index is 1.83. The first-order chi connectivity index (χ1) is 14.4. The van der Waals surface area contributed by atoms with Gasteiger partial charge in [-0.2, -0.15) is 5.26 Å². The number of amides is 1. The highest BCUT2D eigenvalue weighted by molar-refractivity contribution is 6.02. The highest BCUT2D eigenvalue weighted by Crippen LogP contribution is 2.31. The number of hydrogen-bond donors (Lipinski definition) is 1. The summed E-state index contributed by atoms with van der Waals surface area (Å²) in [6.45, 7) is 8.89. The number of para-hydroxylation sites is 1. The zero-order chi connectivity index (χ0) is 21.8. The Bertz CT molecular complexity index is 1140. The van der Waals surface area contributed by atoms with Gasteiger partial charge in [-0.3, -0.25) is 4.79 Å². The number of carbonyl (C=O) groups is 1. The molecule has 1 unspecified atom stereocenters. The van der Waals surface area contributed by atoms with Crippen molar-refractivity contribution in [3.63, 3.8) is 0 Å². The first-order valence-corrected chi connectivity index (χ1v) is 10.0. The summed E-state index contributed by atoms with van der Waals surface area (Å²) in [6.07, 6.45) is 2.67. The van der Waals surface area contributed by atoms with E-state index in [1.54, 1.807) is 13.2 Å². The molecule has 0 radical (unpaired) electrons. The van der Waals surface area contributed by atoms with Crippen LogP contribution in [0.4, 0.5) is 0 Å². The maximum Gasteiger partial charge on any atom is 0.262 e. The summed E-state index contributed by atoms with van der Waals surface area (Å²) in [6, 6.07) is 11.1. The average molecular weight is 405 g/mol. The molecule has 0 fully saturated rings. The van der Waals surface area contributed by atoms with Crippen LogP contribution >= 0.6 is 0 Å². The molecule has 0 bridgehead atoms. The molecule has 0 aliphatic rings. The molecule has 0 saturated carbocycles. The Morgan fingerprint density at radius 1 is 1.37 bits per heavy atom. The van der Waals surface area contributed by atoms with Crippen LogP contribution in [0.5, 0.6) is 5.75 Å². The van der Waals surface area contributed by atoms with Crippen LogP contribution in [-0.2, 0) is 11.3 Å².